The predicted octanol–water partition coefficient (Wildman–Crippen LogP) is 1.57. The molecule has 88 valence electrons. The lowest BCUT2D eigenvalue weighted by Crippen LogP contribution is -2.28. The fourth-order valence-electron chi connectivity index (χ4n) is 1.22. The number of nitrogens with zero attached hydrogens (tertiary/aromatic N) is 2. The van der Waals surface area contributed by atoms with Gasteiger partial charge in [0.15, 0.2) is 0 Å². The summed E-state index contributed by atoms with van der Waals surface area (Å²) in [6.45, 7) is 5.01. The Balaban J connectivity index is 2.20. The monoisotopic (exact) mass is 221 g/mol. The highest BCUT2D eigenvalue weighted by Gasteiger charge is 2.04. The molecule has 1 heterocycles. The highest BCUT2D eigenvalue weighted by atomic mass is 16.1. The highest BCUT2D eigenvalue weighted by molar-refractivity contribution is 5.76. The molecule has 4 heteroatoms. The molecule has 1 aromatic rings. The van der Waals surface area contributed by atoms with Crippen LogP contribution in [0.5, 0.6) is 0 Å². The number of aryl methyl sites for hydroxylation is 1. The third-order valence-electron chi connectivity index (χ3n) is 2.57. The second-order valence-electron chi connectivity index (χ2n) is 4.01. The summed E-state index contributed by atoms with van der Waals surface area (Å²) in [6.07, 6.45) is 7.20. The molecule has 1 N–H and O–H groups in total. The molecule has 0 aliphatic rings. The third kappa shape index (κ3) is 4.87. The molecule has 0 radical (unpaired) electrons. The molecule has 0 aliphatic carbocycles. The Bertz CT molecular complexity index is 313. The molecule has 4 nitrogen and oxygen atoms in total. The van der Waals surface area contributed by atoms with Gasteiger partial charge in [0.05, 0.1) is 5.69 Å². The van der Waals surface area contributed by atoms with Gasteiger partial charge in [-0.1, -0.05) is 20.3 Å². The van der Waals surface area contributed by atoms with Crippen LogP contribution in [0.15, 0.2) is 18.6 Å². The van der Waals surface area contributed by atoms with Crippen LogP contribution < -0.4 is 5.32 Å². The molecule has 0 saturated carbocycles. The summed E-state index contributed by atoms with van der Waals surface area (Å²) >= 11 is 0. The first kappa shape index (κ1) is 12.6. The number of amides is 1. The average molecular weight is 221 g/mol. The van der Waals surface area contributed by atoms with Crippen LogP contribution in [-0.2, 0) is 11.2 Å². The van der Waals surface area contributed by atoms with E-state index < -0.39 is 0 Å². The van der Waals surface area contributed by atoms with Crippen molar-refractivity contribution in [3.63, 3.8) is 0 Å². The van der Waals surface area contributed by atoms with Gasteiger partial charge in [0.25, 0.3) is 0 Å². The van der Waals surface area contributed by atoms with Gasteiger partial charge in [-0.05, 0) is 12.3 Å². The number of rotatable bonds is 6. The van der Waals surface area contributed by atoms with E-state index >= 15 is 0 Å². The normalized spacial score (nSPS) is 12.1. The maximum absolute atomic E-state index is 11.5. The molecule has 1 aromatic heterocycles. The lowest BCUT2D eigenvalue weighted by atomic mass is 10.1. The first-order valence-corrected chi connectivity index (χ1v) is 5.74. The second kappa shape index (κ2) is 6.93. The van der Waals surface area contributed by atoms with Crippen molar-refractivity contribution >= 4 is 5.91 Å². The van der Waals surface area contributed by atoms with E-state index in [4.69, 9.17) is 0 Å². The highest BCUT2D eigenvalue weighted by Crippen LogP contribution is 1.99. The zero-order valence-corrected chi connectivity index (χ0v) is 9.94. The van der Waals surface area contributed by atoms with Gasteiger partial charge in [0, 0.05) is 31.6 Å². The maximum Gasteiger partial charge on any atom is 0.220 e. The summed E-state index contributed by atoms with van der Waals surface area (Å²) in [5.74, 6) is 0.631. The van der Waals surface area contributed by atoms with Gasteiger partial charge < -0.3 is 5.32 Å². The van der Waals surface area contributed by atoms with Crippen LogP contribution >= 0.6 is 0 Å². The van der Waals surface area contributed by atoms with Crippen molar-refractivity contribution in [1.29, 1.82) is 0 Å². The average Bonchev–Trinajstić information content (AvgIpc) is 2.34. The number of carbonyl (C=O) groups excluding carboxylic acids is 1. The molecule has 0 spiro atoms. The van der Waals surface area contributed by atoms with Crippen LogP contribution in [-0.4, -0.2) is 22.4 Å². The minimum Gasteiger partial charge on any atom is -0.356 e. The number of nitrogens with one attached hydrogen (secondary N) is 1. The smallest absolute Gasteiger partial charge is 0.220 e. The van der Waals surface area contributed by atoms with Crippen LogP contribution in [0, 0.1) is 5.92 Å². The van der Waals surface area contributed by atoms with E-state index in [2.05, 4.69) is 29.1 Å². The fourth-order valence-corrected chi connectivity index (χ4v) is 1.22. The van der Waals surface area contributed by atoms with Crippen LogP contribution in [0.3, 0.4) is 0 Å². The van der Waals surface area contributed by atoms with Crippen LogP contribution in [0.25, 0.3) is 0 Å². The zero-order valence-electron chi connectivity index (χ0n) is 9.94. The summed E-state index contributed by atoms with van der Waals surface area (Å²) < 4.78 is 0. The molecule has 0 aromatic carbocycles. The fraction of sp³-hybridized carbons (Fsp3) is 0.583. The molecule has 16 heavy (non-hydrogen) atoms. The largest absolute Gasteiger partial charge is 0.356 e. The molecular formula is C12H19N3O. The number of hydrogen-bond acceptors (Lipinski definition) is 3. The van der Waals surface area contributed by atoms with E-state index in [9.17, 15) is 4.79 Å². The lowest BCUT2D eigenvalue weighted by Gasteiger charge is -2.09. The second-order valence-corrected chi connectivity index (χ2v) is 4.01. The van der Waals surface area contributed by atoms with Crippen molar-refractivity contribution in [2.75, 3.05) is 6.54 Å². The quantitative estimate of drug-likeness (QED) is 0.793. The van der Waals surface area contributed by atoms with E-state index in [1.807, 2.05) is 0 Å². The minimum absolute atomic E-state index is 0.0888. The lowest BCUT2D eigenvalue weighted by molar-refractivity contribution is -0.121. The molecule has 0 saturated heterocycles. The van der Waals surface area contributed by atoms with Crippen molar-refractivity contribution in [2.45, 2.75) is 33.1 Å². The predicted molar refractivity (Wildman–Crippen MR) is 62.8 cm³/mol. The minimum atomic E-state index is 0.0888. The number of carbonyl (C=O) groups is 1. The molecule has 0 aliphatic heterocycles. The van der Waals surface area contributed by atoms with Crippen LogP contribution in [0.1, 0.15) is 32.4 Å². The maximum atomic E-state index is 11.5. The molecule has 0 fully saturated rings. The first-order valence-electron chi connectivity index (χ1n) is 5.74. The third-order valence-corrected chi connectivity index (χ3v) is 2.57. The topological polar surface area (TPSA) is 54.9 Å². The van der Waals surface area contributed by atoms with Crippen molar-refractivity contribution in [3.05, 3.63) is 24.3 Å². The van der Waals surface area contributed by atoms with Crippen molar-refractivity contribution in [3.8, 4) is 0 Å². The summed E-state index contributed by atoms with van der Waals surface area (Å²) in [6, 6.07) is 0. The van der Waals surface area contributed by atoms with E-state index in [0.717, 1.165) is 18.7 Å². The Kier molecular flexibility index (Phi) is 5.46. The van der Waals surface area contributed by atoms with Gasteiger partial charge in [-0.3, -0.25) is 14.8 Å². The molecular weight excluding hydrogens is 202 g/mol. The Morgan fingerprint density at radius 2 is 2.31 bits per heavy atom. The zero-order chi connectivity index (χ0) is 11.8. The van der Waals surface area contributed by atoms with Crippen molar-refractivity contribution in [2.24, 2.45) is 5.92 Å². The van der Waals surface area contributed by atoms with E-state index in [1.54, 1.807) is 18.6 Å². The Hall–Kier alpha value is -1.45. The molecule has 1 rings (SSSR count). The van der Waals surface area contributed by atoms with E-state index in [-0.39, 0.29) is 5.91 Å². The molecule has 1 unspecified atom stereocenters. The standard InChI is InChI=1S/C12H19N3O/c1-3-10(2)8-15-12(16)5-4-11-9-13-6-7-14-11/h6-7,9-10H,3-5,8H2,1-2H3,(H,15,16). The van der Waals surface area contributed by atoms with Gasteiger partial charge in [0.2, 0.25) is 5.91 Å². The van der Waals surface area contributed by atoms with Gasteiger partial charge in [-0.2, -0.15) is 0 Å². The Morgan fingerprint density at radius 3 is 2.94 bits per heavy atom. The van der Waals surface area contributed by atoms with Crippen LogP contribution in [0.2, 0.25) is 0 Å². The van der Waals surface area contributed by atoms with Crippen molar-refractivity contribution in [1.82, 2.24) is 15.3 Å². The number of aromatic nitrogens is 2. The molecule has 0 bridgehead atoms. The van der Waals surface area contributed by atoms with Gasteiger partial charge in [0.1, 0.15) is 0 Å². The molecule has 1 atom stereocenters. The van der Waals surface area contributed by atoms with Gasteiger partial charge >= 0.3 is 0 Å². The Morgan fingerprint density at radius 1 is 1.50 bits per heavy atom. The SMILES string of the molecule is CCC(C)CNC(=O)CCc1cnccn1. The van der Waals surface area contributed by atoms with Crippen molar-refractivity contribution < 1.29 is 4.79 Å². The summed E-state index contributed by atoms with van der Waals surface area (Å²) in [4.78, 5) is 19.6. The van der Waals surface area contributed by atoms with Gasteiger partial charge in [-0.15, -0.1) is 0 Å². The Labute approximate surface area is 96.5 Å². The van der Waals surface area contributed by atoms with E-state index in [0.29, 0.717) is 18.8 Å². The first-order chi connectivity index (χ1) is 7.72. The summed E-state index contributed by atoms with van der Waals surface area (Å²) in [7, 11) is 0. The number of hydrogen-bond donors (Lipinski definition) is 1. The molecule has 1 amide bonds. The summed E-state index contributed by atoms with van der Waals surface area (Å²) in [5.41, 5.74) is 0.862. The van der Waals surface area contributed by atoms with Gasteiger partial charge in [-0.25, -0.2) is 0 Å². The van der Waals surface area contributed by atoms with Crippen LogP contribution in [0.4, 0.5) is 0 Å². The summed E-state index contributed by atoms with van der Waals surface area (Å²) in [5, 5.41) is 2.92. The van der Waals surface area contributed by atoms with E-state index in [1.165, 1.54) is 0 Å².